The van der Waals surface area contributed by atoms with Crippen LogP contribution >= 0.6 is 0 Å². The van der Waals surface area contributed by atoms with Crippen LogP contribution in [-0.2, 0) is 11.3 Å². The Balaban J connectivity index is 1.50. The molecule has 1 amide bonds. The number of carbonyl (C=O) groups is 1. The van der Waals surface area contributed by atoms with Gasteiger partial charge in [-0.1, -0.05) is 0 Å². The van der Waals surface area contributed by atoms with Gasteiger partial charge in [0.05, 0.1) is 0 Å². The molecule has 3 rings (SSSR count). The van der Waals surface area contributed by atoms with E-state index in [0.717, 1.165) is 45.1 Å². The van der Waals surface area contributed by atoms with Gasteiger partial charge in [-0.2, -0.15) is 0 Å². The quantitative estimate of drug-likeness (QED) is 0.862. The van der Waals surface area contributed by atoms with Crippen molar-refractivity contribution in [3.05, 3.63) is 18.0 Å². The highest BCUT2D eigenvalue weighted by molar-refractivity contribution is 5.73. The highest BCUT2D eigenvalue weighted by atomic mass is 16.1. The predicted molar refractivity (Wildman–Crippen MR) is 94.5 cm³/mol. The number of nitrogens with two attached hydrogens (primary N) is 1. The summed E-state index contributed by atoms with van der Waals surface area (Å²) < 4.78 is 0. The lowest BCUT2D eigenvalue weighted by Gasteiger charge is -2.32. The molecule has 24 heavy (non-hydrogen) atoms. The molecule has 2 aliphatic rings. The van der Waals surface area contributed by atoms with Crippen molar-refractivity contribution < 1.29 is 4.79 Å². The van der Waals surface area contributed by atoms with Crippen LogP contribution in [0, 0.1) is 5.92 Å². The number of carbonyl (C=O) groups excluding carboxylic acids is 1. The Morgan fingerprint density at radius 2 is 1.88 bits per heavy atom. The molecule has 2 N–H and O–H groups in total. The van der Waals surface area contributed by atoms with Crippen LogP contribution in [0.15, 0.2) is 12.4 Å². The molecular weight excluding hydrogens is 302 g/mol. The van der Waals surface area contributed by atoms with Crippen LogP contribution in [0.1, 0.15) is 50.5 Å². The van der Waals surface area contributed by atoms with Gasteiger partial charge in [-0.05, 0) is 51.0 Å². The minimum Gasteiger partial charge on any atom is -0.370 e. The minimum atomic E-state index is -0.186. The van der Waals surface area contributed by atoms with Gasteiger partial charge in [0.2, 0.25) is 11.9 Å². The van der Waals surface area contributed by atoms with E-state index in [1.54, 1.807) is 0 Å². The van der Waals surface area contributed by atoms with E-state index in [0.29, 0.717) is 12.3 Å². The van der Waals surface area contributed by atoms with Crippen LogP contribution in [0.4, 0.5) is 5.95 Å². The summed E-state index contributed by atoms with van der Waals surface area (Å²) in [5, 5.41) is 0. The number of primary amides is 1. The highest BCUT2D eigenvalue weighted by Crippen LogP contribution is 2.22. The van der Waals surface area contributed by atoms with E-state index in [2.05, 4.69) is 19.8 Å². The Morgan fingerprint density at radius 3 is 2.58 bits per heavy atom. The Labute approximate surface area is 144 Å². The van der Waals surface area contributed by atoms with E-state index in [1.165, 1.54) is 37.7 Å². The van der Waals surface area contributed by atoms with Crippen LogP contribution in [0.25, 0.3) is 0 Å². The number of hydrogen-bond donors (Lipinski definition) is 1. The van der Waals surface area contributed by atoms with Crippen molar-refractivity contribution >= 4 is 11.9 Å². The summed E-state index contributed by atoms with van der Waals surface area (Å²) >= 11 is 0. The smallest absolute Gasteiger partial charge is 0.225 e. The molecule has 132 valence electrons. The number of rotatable bonds is 6. The Bertz CT molecular complexity index is 527. The maximum Gasteiger partial charge on any atom is 0.225 e. The molecule has 0 radical (unpaired) electrons. The van der Waals surface area contributed by atoms with Gasteiger partial charge in [-0.25, -0.2) is 9.97 Å². The molecule has 0 bridgehead atoms. The van der Waals surface area contributed by atoms with Crippen molar-refractivity contribution in [1.82, 2.24) is 14.9 Å². The average molecular weight is 331 g/mol. The molecule has 1 aromatic heterocycles. The van der Waals surface area contributed by atoms with Crippen LogP contribution in [0.2, 0.25) is 0 Å². The topological polar surface area (TPSA) is 75.4 Å². The standard InChI is InChI=1S/C18H29N5O/c19-17(24)7-6-15-5-4-8-22(13-15)14-16-11-20-18(21-12-16)23-9-2-1-3-10-23/h11-12,15H,1-10,13-14H2,(H2,19,24)/t15-/m0/s1. The fourth-order valence-corrected chi connectivity index (χ4v) is 3.82. The number of nitrogens with zero attached hydrogens (tertiary/aromatic N) is 4. The van der Waals surface area contributed by atoms with Crippen LogP contribution in [0.3, 0.4) is 0 Å². The van der Waals surface area contributed by atoms with Crippen molar-refractivity contribution in [2.45, 2.75) is 51.5 Å². The highest BCUT2D eigenvalue weighted by Gasteiger charge is 2.21. The fourth-order valence-electron chi connectivity index (χ4n) is 3.82. The molecule has 1 atom stereocenters. The van der Waals surface area contributed by atoms with E-state index in [9.17, 15) is 4.79 Å². The van der Waals surface area contributed by atoms with E-state index >= 15 is 0 Å². The average Bonchev–Trinajstić information content (AvgIpc) is 2.62. The molecule has 0 spiro atoms. The first-order chi connectivity index (χ1) is 11.7. The second-order valence-corrected chi connectivity index (χ2v) is 7.19. The van der Waals surface area contributed by atoms with Crippen molar-refractivity contribution in [2.75, 3.05) is 31.1 Å². The molecule has 0 aromatic carbocycles. The zero-order valence-electron chi connectivity index (χ0n) is 14.5. The van der Waals surface area contributed by atoms with Gasteiger partial charge < -0.3 is 10.6 Å². The van der Waals surface area contributed by atoms with E-state index in [1.807, 2.05) is 12.4 Å². The Kier molecular flexibility index (Phi) is 6.01. The van der Waals surface area contributed by atoms with Gasteiger partial charge in [0.1, 0.15) is 0 Å². The largest absolute Gasteiger partial charge is 0.370 e. The number of hydrogen-bond acceptors (Lipinski definition) is 5. The van der Waals surface area contributed by atoms with Crippen molar-refractivity contribution in [3.8, 4) is 0 Å². The Morgan fingerprint density at radius 1 is 1.12 bits per heavy atom. The molecule has 0 saturated carbocycles. The first-order valence-corrected chi connectivity index (χ1v) is 9.27. The van der Waals surface area contributed by atoms with Gasteiger partial charge in [0.15, 0.2) is 0 Å². The summed E-state index contributed by atoms with van der Waals surface area (Å²) in [5.74, 6) is 1.27. The zero-order valence-corrected chi connectivity index (χ0v) is 14.5. The maximum absolute atomic E-state index is 11.0. The number of amides is 1. The van der Waals surface area contributed by atoms with E-state index < -0.39 is 0 Å². The van der Waals surface area contributed by atoms with E-state index in [-0.39, 0.29) is 5.91 Å². The minimum absolute atomic E-state index is 0.186. The van der Waals surface area contributed by atoms with E-state index in [4.69, 9.17) is 5.73 Å². The molecule has 0 unspecified atom stereocenters. The first kappa shape index (κ1) is 17.1. The molecule has 6 nitrogen and oxygen atoms in total. The molecule has 6 heteroatoms. The number of likely N-dealkylation sites (tertiary alicyclic amines) is 1. The number of aromatic nitrogens is 2. The maximum atomic E-state index is 11.0. The molecule has 0 aliphatic carbocycles. The second-order valence-electron chi connectivity index (χ2n) is 7.19. The SMILES string of the molecule is NC(=O)CC[C@@H]1CCCN(Cc2cnc(N3CCCCC3)nc2)C1. The van der Waals surface area contributed by atoms with Gasteiger partial charge in [0, 0.05) is 50.6 Å². The summed E-state index contributed by atoms with van der Waals surface area (Å²) in [7, 11) is 0. The number of anilines is 1. The third-order valence-electron chi connectivity index (χ3n) is 5.14. The fraction of sp³-hybridized carbons (Fsp3) is 0.722. The predicted octanol–water partition coefficient (Wildman–Crippen LogP) is 1.94. The lowest BCUT2D eigenvalue weighted by atomic mass is 9.93. The molecule has 3 heterocycles. The Hall–Kier alpha value is -1.69. The van der Waals surface area contributed by atoms with Crippen LogP contribution in [-0.4, -0.2) is 47.0 Å². The summed E-state index contributed by atoms with van der Waals surface area (Å²) in [5.41, 5.74) is 6.44. The van der Waals surface area contributed by atoms with Crippen LogP contribution in [0.5, 0.6) is 0 Å². The molecule has 2 aliphatic heterocycles. The lowest BCUT2D eigenvalue weighted by molar-refractivity contribution is -0.118. The van der Waals surface area contributed by atoms with Gasteiger partial charge >= 0.3 is 0 Å². The molecule has 1 aromatic rings. The van der Waals surface area contributed by atoms with Crippen molar-refractivity contribution in [2.24, 2.45) is 11.7 Å². The summed E-state index contributed by atoms with van der Waals surface area (Å²) in [6.45, 7) is 5.20. The molecule has 2 saturated heterocycles. The first-order valence-electron chi connectivity index (χ1n) is 9.27. The summed E-state index contributed by atoms with van der Waals surface area (Å²) in [6, 6.07) is 0. The third-order valence-corrected chi connectivity index (χ3v) is 5.14. The van der Waals surface area contributed by atoms with Crippen molar-refractivity contribution in [1.29, 1.82) is 0 Å². The second kappa shape index (κ2) is 8.42. The van der Waals surface area contributed by atoms with Gasteiger partial charge in [-0.15, -0.1) is 0 Å². The summed E-state index contributed by atoms with van der Waals surface area (Å²) in [6.07, 6.45) is 11.6. The molecular formula is C18H29N5O. The molecule has 2 fully saturated rings. The van der Waals surface area contributed by atoms with Crippen molar-refractivity contribution in [3.63, 3.8) is 0 Å². The normalized spacial score (nSPS) is 22.5. The lowest BCUT2D eigenvalue weighted by Crippen LogP contribution is -2.35. The zero-order chi connectivity index (χ0) is 16.8. The summed E-state index contributed by atoms with van der Waals surface area (Å²) in [4.78, 5) is 24.9. The van der Waals surface area contributed by atoms with Crippen LogP contribution < -0.4 is 10.6 Å². The monoisotopic (exact) mass is 331 g/mol. The van der Waals surface area contributed by atoms with Gasteiger partial charge in [-0.3, -0.25) is 9.69 Å². The van der Waals surface area contributed by atoms with Gasteiger partial charge in [0.25, 0.3) is 0 Å². The number of piperidine rings is 2. The third kappa shape index (κ3) is 4.90.